The molecule has 1 aromatic carbocycles. The topological polar surface area (TPSA) is 33.1 Å². The number of nitrogens with one attached hydrogen (secondary N) is 1. The van der Waals surface area contributed by atoms with E-state index in [-0.39, 0.29) is 0 Å². The van der Waals surface area contributed by atoms with Crippen LogP contribution in [0, 0.1) is 0 Å². The summed E-state index contributed by atoms with van der Waals surface area (Å²) in [6, 6.07) is 9.27. The van der Waals surface area contributed by atoms with Crippen LogP contribution in [0.2, 0.25) is 0 Å². The SMILES string of the molecule is CCn1nc(CN2CCC(NC)CC2)c2ccccc21. The first-order valence-electron chi connectivity index (χ1n) is 7.66. The summed E-state index contributed by atoms with van der Waals surface area (Å²) in [4.78, 5) is 2.53. The second-order valence-electron chi connectivity index (χ2n) is 5.62. The van der Waals surface area contributed by atoms with E-state index in [0.29, 0.717) is 6.04 Å². The van der Waals surface area contributed by atoms with Crippen LogP contribution >= 0.6 is 0 Å². The van der Waals surface area contributed by atoms with Gasteiger partial charge in [0.15, 0.2) is 0 Å². The molecule has 1 aliphatic heterocycles. The minimum atomic E-state index is 0.691. The number of rotatable bonds is 4. The quantitative estimate of drug-likeness (QED) is 0.926. The average molecular weight is 272 g/mol. The second kappa shape index (κ2) is 5.94. The predicted molar refractivity (Wildman–Crippen MR) is 82.8 cm³/mol. The normalized spacial score (nSPS) is 17.9. The van der Waals surface area contributed by atoms with Crippen molar-refractivity contribution in [3.05, 3.63) is 30.0 Å². The Kier molecular flexibility index (Phi) is 4.03. The minimum Gasteiger partial charge on any atom is -0.317 e. The third kappa shape index (κ3) is 2.58. The van der Waals surface area contributed by atoms with Crippen LogP contribution in [0.1, 0.15) is 25.5 Å². The molecule has 0 bridgehead atoms. The molecule has 20 heavy (non-hydrogen) atoms. The van der Waals surface area contributed by atoms with E-state index in [1.807, 2.05) is 0 Å². The molecular weight excluding hydrogens is 248 g/mol. The molecular formula is C16H24N4. The number of para-hydroxylation sites is 1. The second-order valence-corrected chi connectivity index (χ2v) is 5.62. The van der Waals surface area contributed by atoms with E-state index in [0.717, 1.165) is 13.1 Å². The van der Waals surface area contributed by atoms with Crippen molar-refractivity contribution in [2.75, 3.05) is 20.1 Å². The Morgan fingerprint density at radius 1 is 1.25 bits per heavy atom. The largest absolute Gasteiger partial charge is 0.317 e. The van der Waals surface area contributed by atoms with Gasteiger partial charge in [0.2, 0.25) is 0 Å². The average Bonchev–Trinajstić information content (AvgIpc) is 2.86. The van der Waals surface area contributed by atoms with Crippen molar-refractivity contribution in [2.45, 2.75) is 38.9 Å². The molecule has 4 heteroatoms. The van der Waals surface area contributed by atoms with Gasteiger partial charge in [0.1, 0.15) is 0 Å². The van der Waals surface area contributed by atoms with Gasteiger partial charge < -0.3 is 5.32 Å². The van der Waals surface area contributed by atoms with Gasteiger partial charge in [-0.3, -0.25) is 9.58 Å². The summed E-state index contributed by atoms with van der Waals surface area (Å²) in [6.07, 6.45) is 2.48. The standard InChI is InChI=1S/C16H24N4/c1-3-20-16-7-5-4-6-14(16)15(18-20)12-19-10-8-13(17-2)9-11-19/h4-7,13,17H,3,8-12H2,1-2H3. The van der Waals surface area contributed by atoms with Crippen LogP contribution in [0.25, 0.3) is 10.9 Å². The maximum Gasteiger partial charge on any atom is 0.0843 e. The van der Waals surface area contributed by atoms with Crippen LogP contribution in [0.3, 0.4) is 0 Å². The molecule has 2 heterocycles. The van der Waals surface area contributed by atoms with Gasteiger partial charge in [-0.25, -0.2) is 0 Å². The molecule has 2 aromatic rings. The zero-order chi connectivity index (χ0) is 13.9. The van der Waals surface area contributed by atoms with Gasteiger partial charge in [-0.15, -0.1) is 0 Å². The van der Waals surface area contributed by atoms with Gasteiger partial charge >= 0.3 is 0 Å². The van der Waals surface area contributed by atoms with Crippen LogP contribution in [-0.4, -0.2) is 40.9 Å². The van der Waals surface area contributed by atoms with E-state index in [4.69, 9.17) is 5.10 Å². The number of aryl methyl sites for hydroxylation is 1. The van der Waals surface area contributed by atoms with Crippen LogP contribution in [0.5, 0.6) is 0 Å². The van der Waals surface area contributed by atoms with Crippen LogP contribution < -0.4 is 5.32 Å². The first-order chi connectivity index (χ1) is 9.81. The van der Waals surface area contributed by atoms with E-state index in [9.17, 15) is 0 Å². The zero-order valence-electron chi connectivity index (χ0n) is 12.5. The van der Waals surface area contributed by atoms with E-state index < -0.39 is 0 Å². The number of nitrogens with zero attached hydrogens (tertiary/aromatic N) is 3. The van der Waals surface area contributed by atoms with E-state index in [2.05, 4.69) is 53.1 Å². The molecule has 3 rings (SSSR count). The molecule has 1 aliphatic rings. The van der Waals surface area contributed by atoms with E-state index in [1.54, 1.807) is 0 Å². The van der Waals surface area contributed by atoms with Gasteiger partial charge in [0, 0.05) is 37.6 Å². The van der Waals surface area contributed by atoms with Crippen molar-refractivity contribution in [1.82, 2.24) is 20.0 Å². The first kappa shape index (κ1) is 13.6. The predicted octanol–water partition coefficient (Wildman–Crippen LogP) is 2.24. The van der Waals surface area contributed by atoms with Crippen molar-refractivity contribution in [3.63, 3.8) is 0 Å². The van der Waals surface area contributed by atoms with Gasteiger partial charge in [0.05, 0.1) is 11.2 Å². The molecule has 0 aliphatic carbocycles. The maximum atomic E-state index is 4.80. The summed E-state index contributed by atoms with van der Waals surface area (Å²) in [6.45, 7) is 6.39. The van der Waals surface area contributed by atoms with Crippen LogP contribution in [0.15, 0.2) is 24.3 Å². The molecule has 0 atom stereocenters. The Labute approximate surface area is 120 Å². The fraction of sp³-hybridized carbons (Fsp3) is 0.562. The lowest BCUT2D eigenvalue weighted by Gasteiger charge is -2.31. The van der Waals surface area contributed by atoms with Crippen molar-refractivity contribution in [1.29, 1.82) is 0 Å². The smallest absolute Gasteiger partial charge is 0.0843 e. The Hall–Kier alpha value is -1.39. The fourth-order valence-corrected chi connectivity index (χ4v) is 3.15. The molecule has 0 spiro atoms. The summed E-state index contributed by atoms with van der Waals surface area (Å²) in [5.74, 6) is 0. The summed E-state index contributed by atoms with van der Waals surface area (Å²) in [5.41, 5.74) is 2.49. The number of likely N-dealkylation sites (tertiary alicyclic amines) is 1. The lowest BCUT2D eigenvalue weighted by atomic mass is 10.0. The van der Waals surface area contributed by atoms with Crippen LogP contribution in [-0.2, 0) is 13.1 Å². The monoisotopic (exact) mass is 272 g/mol. The highest BCUT2D eigenvalue weighted by Crippen LogP contribution is 2.21. The van der Waals surface area contributed by atoms with Crippen molar-refractivity contribution in [3.8, 4) is 0 Å². The lowest BCUT2D eigenvalue weighted by Crippen LogP contribution is -2.40. The highest BCUT2D eigenvalue weighted by molar-refractivity contribution is 5.81. The molecule has 0 unspecified atom stereocenters. The minimum absolute atomic E-state index is 0.691. The molecule has 0 radical (unpaired) electrons. The third-order valence-corrected chi connectivity index (χ3v) is 4.40. The molecule has 0 amide bonds. The number of fused-ring (bicyclic) bond motifs is 1. The van der Waals surface area contributed by atoms with Crippen molar-refractivity contribution < 1.29 is 0 Å². The van der Waals surface area contributed by atoms with Gasteiger partial charge in [-0.05, 0) is 32.9 Å². The van der Waals surface area contributed by atoms with E-state index in [1.165, 1.54) is 42.5 Å². The van der Waals surface area contributed by atoms with Crippen molar-refractivity contribution >= 4 is 10.9 Å². The van der Waals surface area contributed by atoms with Crippen molar-refractivity contribution in [2.24, 2.45) is 0 Å². The maximum absolute atomic E-state index is 4.80. The van der Waals surface area contributed by atoms with Crippen LogP contribution in [0.4, 0.5) is 0 Å². The number of piperidine rings is 1. The zero-order valence-corrected chi connectivity index (χ0v) is 12.5. The highest BCUT2D eigenvalue weighted by Gasteiger charge is 2.19. The Balaban J connectivity index is 1.78. The Morgan fingerprint density at radius 2 is 2.00 bits per heavy atom. The molecule has 1 aromatic heterocycles. The lowest BCUT2D eigenvalue weighted by molar-refractivity contribution is 0.193. The summed E-state index contributed by atoms with van der Waals surface area (Å²) >= 11 is 0. The fourth-order valence-electron chi connectivity index (χ4n) is 3.15. The summed E-state index contributed by atoms with van der Waals surface area (Å²) in [5, 5.41) is 9.50. The molecule has 4 nitrogen and oxygen atoms in total. The number of hydrogen-bond donors (Lipinski definition) is 1. The highest BCUT2D eigenvalue weighted by atomic mass is 15.3. The third-order valence-electron chi connectivity index (χ3n) is 4.40. The molecule has 1 N–H and O–H groups in total. The number of hydrogen-bond acceptors (Lipinski definition) is 3. The summed E-state index contributed by atoms with van der Waals surface area (Å²) in [7, 11) is 2.07. The number of benzene rings is 1. The molecule has 0 saturated carbocycles. The molecule has 1 saturated heterocycles. The van der Waals surface area contributed by atoms with Gasteiger partial charge in [0.25, 0.3) is 0 Å². The molecule has 1 fully saturated rings. The molecule has 108 valence electrons. The number of aromatic nitrogens is 2. The van der Waals surface area contributed by atoms with Gasteiger partial charge in [-0.1, -0.05) is 18.2 Å². The van der Waals surface area contributed by atoms with Gasteiger partial charge in [-0.2, -0.15) is 5.10 Å². The van der Waals surface area contributed by atoms with E-state index >= 15 is 0 Å². The summed E-state index contributed by atoms with van der Waals surface area (Å²) < 4.78 is 2.12. The Bertz CT molecular complexity index is 567. The Morgan fingerprint density at radius 3 is 2.70 bits per heavy atom. The first-order valence-corrected chi connectivity index (χ1v) is 7.66.